The second-order valence-electron chi connectivity index (χ2n) is 4.58. The standard InChI is InChI=1S/C13H15N3OS/c1-15-6-8-16(9-7-15)13(17)12-14-10-4-2-3-5-11(10)18-12/h2-5H,6-9H2,1H3. The van der Waals surface area contributed by atoms with E-state index in [2.05, 4.69) is 16.9 Å². The third kappa shape index (κ3) is 2.11. The molecule has 0 aliphatic carbocycles. The van der Waals surface area contributed by atoms with Crippen LogP contribution in [0, 0.1) is 0 Å². The average Bonchev–Trinajstić information content (AvgIpc) is 2.82. The van der Waals surface area contributed by atoms with Crippen LogP contribution in [0.5, 0.6) is 0 Å². The van der Waals surface area contributed by atoms with Gasteiger partial charge in [-0.3, -0.25) is 4.79 Å². The lowest BCUT2D eigenvalue weighted by Gasteiger charge is -2.31. The quantitative estimate of drug-likeness (QED) is 0.783. The van der Waals surface area contributed by atoms with Crippen LogP contribution in [-0.4, -0.2) is 53.9 Å². The number of amides is 1. The van der Waals surface area contributed by atoms with Crippen molar-refractivity contribution in [1.29, 1.82) is 0 Å². The molecule has 2 heterocycles. The fourth-order valence-corrected chi connectivity index (χ4v) is 3.04. The van der Waals surface area contributed by atoms with Crippen LogP contribution in [0.2, 0.25) is 0 Å². The monoisotopic (exact) mass is 261 g/mol. The van der Waals surface area contributed by atoms with Crippen LogP contribution in [0.1, 0.15) is 9.80 Å². The SMILES string of the molecule is CN1CCN(C(=O)c2nc3ccccc3s2)CC1. The van der Waals surface area contributed by atoms with E-state index in [4.69, 9.17) is 0 Å². The Morgan fingerprint density at radius 2 is 1.94 bits per heavy atom. The minimum absolute atomic E-state index is 0.0734. The van der Waals surface area contributed by atoms with Crippen LogP contribution in [-0.2, 0) is 0 Å². The first kappa shape index (κ1) is 11.6. The summed E-state index contributed by atoms with van der Waals surface area (Å²) in [5, 5.41) is 0.612. The minimum Gasteiger partial charge on any atom is -0.334 e. The highest BCUT2D eigenvalue weighted by atomic mass is 32.1. The van der Waals surface area contributed by atoms with Crippen molar-refractivity contribution >= 4 is 27.5 Å². The summed E-state index contributed by atoms with van der Waals surface area (Å²) < 4.78 is 1.08. The third-order valence-corrected chi connectivity index (χ3v) is 4.29. The van der Waals surface area contributed by atoms with E-state index < -0.39 is 0 Å². The van der Waals surface area contributed by atoms with E-state index in [9.17, 15) is 4.79 Å². The Kier molecular flexibility index (Phi) is 3.01. The molecule has 0 radical (unpaired) electrons. The van der Waals surface area contributed by atoms with Gasteiger partial charge < -0.3 is 9.80 Å². The number of likely N-dealkylation sites (N-methyl/N-ethyl adjacent to an activating group) is 1. The fourth-order valence-electron chi connectivity index (χ4n) is 2.11. The summed E-state index contributed by atoms with van der Waals surface area (Å²) in [6.07, 6.45) is 0. The summed E-state index contributed by atoms with van der Waals surface area (Å²) in [5.41, 5.74) is 0.917. The van der Waals surface area contributed by atoms with Crippen LogP contribution >= 0.6 is 11.3 Å². The molecule has 5 heteroatoms. The molecule has 18 heavy (non-hydrogen) atoms. The molecule has 0 atom stereocenters. The Morgan fingerprint density at radius 1 is 1.22 bits per heavy atom. The predicted molar refractivity (Wildman–Crippen MR) is 73.0 cm³/mol. The number of benzene rings is 1. The Balaban J connectivity index is 1.83. The summed E-state index contributed by atoms with van der Waals surface area (Å²) in [5.74, 6) is 0.0734. The molecule has 1 aromatic carbocycles. The van der Waals surface area contributed by atoms with Gasteiger partial charge >= 0.3 is 0 Å². The number of rotatable bonds is 1. The molecule has 0 bridgehead atoms. The van der Waals surface area contributed by atoms with Crippen LogP contribution in [0.25, 0.3) is 10.2 Å². The molecule has 1 aliphatic heterocycles. The van der Waals surface area contributed by atoms with Crippen molar-refractivity contribution in [2.24, 2.45) is 0 Å². The minimum atomic E-state index is 0.0734. The van der Waals surface area contributed by atoms with E-state index >= 15 is 0 Å². The van der Waals surface area contributed by atoms with Crippen molar-refractivity contribution < 1.29 is 4.79 Å². The highest BCUT2D eigenvalue weighted by molar-refractivity contribution is 7.20. The van der Waals surface area contributed by atoms with Gasteiger partial charge in [0.15, 0.2) is 5.01 Å². The molecular formula is C13H15N3OS. The largest absolute Gasteiger partial charge is 0.334 e. The number of hydrogen-bond acceptors (Lipinski definition) is 4. The molecular weight excluding hydrogens is 246 g/mol. The number of para-hydroxylation sites is 1. The van der Waals surface area contributed by atoms with E-state index in [-0.39, 0.29) is 5.91 Å². The van der Waals surface area contributed by atoms with Gasteiger partial charge in [-0.05, 0) is 19.2 Å². The predicted octanol–water partition coefficient (Wildman–Crippen LogP) is 1.68. The van der Waals surface area contributed by atoms with E-state index in [1.165, 1.54) is 11.3 Å². The first-order valence-corrected chi connectivity index (χ1v) is 6.89. The van der Waals surface area contributed by atoms with Crippen LogP contribution in [0.15, 0.2) is 24.3 Å². The molecule has 3 rings (SSSR count). The molecule has 1 amide bonds. The van der Waals surface area contributed by atoms with Crippen LogP contribution in [0.4, 0.5) is 0 Å². The van der Waals surface area contributed by atoms with Gasteiger partial charge in [0.05, 0.1) is 10.2 Å². The van der Waals surface area contributed by atoms with Crippen LogP contribution < -0.4 is 0 Å². The molecule has 1 aromatic heterocycles. The molecule has 0 N–H and O–H groups in total. The highest BCUT2D eigenvalue weighted by Crippen LogP contribution is 2.22. The Morgan fingerprint density at radius 3 is 2.67 bits per heavy atom. The molecule has 94 valence electrons. The lowest BCUT2D eigenvalue weighted by Crippen LogP contribution is -2.47. The lowest BCUT2D eigenvalue weighted by molar-refractivity contribution is 0.0664. The average molecular weight is 261 g/mol. The molecule has 4 nitrogen and oxygen atoms in total. The van der Waals surface area contributed by atoms with Crippen molar-refractivity contribution in [3.05, 3.63) is 29.3 Å². The second-order valence-corrected chi connectivity index (χ2v) is 5.61. The van der Waals surface area contributed by atoms with Gasteiger partial charge in [0.2, 0.25) is 0 Å². The summed E-state index contributed by atoms with van der Waals surface area (Å²) in [4.78, 5) is 20.9. The summed E-state index contributed by atoms with van der Waals surface area (Å²) in [6, 6.07) is 7.89. The number of aromatic nitrogens is 1. The van der Waals surface area contributed by atoms with E-state index in [0.29, 0.717) is 5.01 Å². The maximum atomic E-state index is 12.3. The highest BCUT2D eigenvalue weighted by Gasteiger charge is 2.22. The van der Waals surface area contributed by atoms with Gasteiger partial charge in [0, 0.05) is 26.2 Å². The number of carbonyl (C=O) groups is 1. The van der Waals surface area contributed by atoms with Crippen molar-refractivity contribution in [1.82, 2.24) is 14.8 Å². The Labute approximate surface area is 110 Å². The number of fused-ring (bicyclic) bond motifs is 1. The van der Waals surface area contributed by atoms with E-state index in [1.807, 2.05) is 29.2 Å². The normalized spacial score (nSPS) is 17.3. The number of hydrogen-bond donors (Lipinski definition) is 0. The number of thiazole rings is 1. The van der Waals surface area contributed by atoms with E-state index in [1.54, 1.807) is 0 Å². The number of piperazine rings is 1. The van der Waals surface area contributed by atoms with Crippen molar-refractivity contribution in [3.63, 3.8) is 0 Å². The first-order chi connectivity index (χ1) is 8.74. The maximum absolute atomic E-state index is 12.3. The van der Waals surface area contributed by atoms with E-state index in [0.717, 1.165) is 36.4 Å². The zero-order valence-electron chi connectivity index (χ0n) is 10.3. The van der Waals surface area contributed by atoms with Crippen molar-refractivity contribution in [2.45, 2.75) is 0 Å². The molecule has 0 spiro atoms. The number of nitrogens with zero attached hydrogens (tertiary/aromatic N) is 3. The topological polar surface area (TPSA) is 36.4 Å². The van der Waals surface area contributed by atoms with Gasteiger partial charge in [0.25, 0.3) is 5.91 Å². The van der Waals surface area contributed by atoms with Gasteiger partial charge in [-0.25, -0.2) is 4.98 Å². The van der Waals surface area contributed by atoms with Gasteiger partial charge in [0.1, 0.15) is 0 Å². The van der Waals surface area contributed by atoms with Crippen molar-refractivity contribution in [3.8, 4) is 0 Å². The Hall–Kier alpha value is -1.46. The Bertz CT molecular complexity index is 539. The molecule has 1 fully saturated rings. The summed E-state index contributed by atoms with van der Waals surface area (Å²) >= 11 is 1.48. The summed E-state index contributed by atoms with van der Waals surface area (Å²) in [6.45, 7) is 3.48. The molecule has 2 aromatic rings. The van der Waals surface area contributed by atoms with Crippen LogP contribution in [0.3, 0.4) is 0 Å². The smallest absolute Gasteiger partial charge is 0.282 e. The molecule has 1 saturated heterocycles. The fraction of sp³-hybridized carbons (Fsp3) is 0.385. The maximum Gasteiger partial charge on any atom is 0.282 e. The number of carbonyl (C=O) groups excluding carboxylic acids is 1. The molecule has 1 aliphatic rings. The second kappa shape index (κ2) is 4.66. The van der Waals surface area contributed by atoms with Gasteiger partial charge in [-0.2, -0.15) is 0 Å². The summed E-state index contributed by atoms with van der Waals surface area (Å²) in [7, 11) is 2.08. The zero-order chi connectivity index (χ0) is 12.5. The lowest BCUT2D eigenvalue weighted by atomic mass is 10.3. The first-order valence-electron chi connectivity index (χ1n) is 6.07. The molecule has 0 unspecified atom stereocenters. The molecule has 0 saturated carbocycles. The third-order valence-electron chi connectivity index (χ3n) is 3.27. The van der Waals surface area contributed by atoms with Gasteiger partial charge in [-0.1, -0.05) is 12.1 Å². The van der Waals surface area contributed by atoms with Gasteiger partial charge in [-0.15, -0.1) is 11.3 Å². The zero-order valence-corrected chi connectivity index (χ0v) is 11.1. The van der Waals surface area contributed by atoms with Crippen molar-refractivity contribution in [2.75, 3.05) is 33.2 Å².